The quantitative estimate of drug-likeness (QED) is 0.551. The van der Waals surface area contributed by atoms with Gasteiger partial charge in [-0.1, -0.05) is 54.1 Å². The molecular weight excluding hydrogens is 334 g/mol. The van der Waals surface area contributed by atoms with E-state index in [4.69, 9.17) is 0 Å². The van der Waals surface area contributed by atoms with E-state index in [0.717, 1.165) is 17.7 Å². The van der Waals surface area contributed by atoms with Gasteiger partial charge in [0.1, 0.15) is 0 Å². The van der Waals surface area contributed by atoms with E-state index >= 15 is 0 Å². The maximum Gasteiger partial charge on any atom is 0.330 e. The van der Waals surface area contributed by atoms with Crippen molar-refractivity contribution in [3.05, 3.63) is 82.9 Å². The third-order valence-electron chi connectivity index (χ3n) is 4.93. The number of nitrogens with zero attached hydrogens (tertiary/aromatic N) is 1. The molecule has 0 unspecified atom stereocenters. The Kier molecular flexibility index (Phi) is 6.61. The van der Waals surface area contributed by atoms with Crippen LogP contribution in [0, 0.1) is 6.92 Å². The van der Waals surface area contributed by atoms with Gasteiger partial charge in [-0.3, -0.25) is 4.90 Å². The molecule has 140 valence electrons. The molecule has 0 radical (unpaired) electrons. The Morgan fingerprint density at radius 2 is 1.81 bits per heavy atom. The summed E-state index contributed by atoms with van der Waals surface area (Å²) in [6.45, 7) is 5.43. The van der Waals surface area contributed by atoms with Gasteiger partial charge in [-0.25, -0.2) is 4.79 Å². The Balaban J connectivity index is 1.92. The number of carbonyl (C=O) groups excluding carboxylic acids is 1. The smallest absolute Gasteiger partial charge is 0.330 e. The summed E-state index contributed by atoms with van der Waals surface area (Å²) in [5.74, 6) is -0.344. The Hall–Kier alpha value is -2.65. The van der Waals surface area contributed by atoms with Crippen LogP contribution in [0.3, 0.4) is 0 Å². The number of aryl methyl sites for hydroxylation is 1. The minimum Gasteiger partial charge on any atom is -0.466 e. The number of ether oxygens (including phenoxy) is 1. The molecule has 1 fully saturated rings. The first kappa shape index (κ1) is 19.1. The zero-order valence-electron chi connectivity index (χ0n) is 16.2. The first-order valence-corrected chi connectivity index (χ1v) is 9.52. The number of likely N-dealkylation sites (tertiary alicyclic amines) is 1. The van der Waals surface area contributed by atoms with Crippen molar-refractivity contribution in [3.63, 3.8) is 0 Å². The standard InChI is InChI=1S/C24H27NO2/c1-19-8-11-21(12-9-19)23(14-17-25-15-3-4-16-25)22-7-5-6-20(18-22)10-13-24(26)27-2/h5-14,18H,3-4,15-17H2,1-2H3/b13-10+,23-14+. The summed E-state index contributed by atoms with van der Waals surface area (Å²) < 4.78 is 4.68. The van der Waals surface area contributed by atoms with Gasteiger partial charge in [0.05, 0.1) is 7.11 Å². The largest absolute Gasteiger partial charge is 0.466 e. The molecule has 0 saturated carbocycles. The lowest BCUT2D eigenvalue weighted by molar-refractivity contribution is -0.134. The lowest BCUT2D eigenvalue weighted by Gasteiger charge is -2.15. The van der Waals surface area contributed by atoms with E-state index in [1.807, 2.05) is 12.1 Å². The van der Waals surface area contributed by atoms with Crippen LogP contribution >= 0.6 is 0 Å². The van der Waals surface area contributed by atoms with Gasteiger partial charge in [-0.05, 0) is 67.3 Å². The van der Waals surface area contributed by atoms with Crippen LogP contribution in [0.2, 0.25) is 0 Å². The number of benzene rings is 2. The molecule has 0 spiro atoms. The van der Waals surface area contributed by atoms with Crippen molar-refractivity contribution in [1.82, 2.24) is 4.90 Å². The lowest BCUT2D eigenvalue weighted by Crippen LogP contribution is -2.19. The fourth-order valence-corrected chi connectivity index (χ4v) is 3.36. The molecule has 1 heterocycles. The Bertz CT molecular complexity index is 828. The van der Waals surface area contributed by atoms with E-state index in [2.05, 4.69) is 59.0 Å². The van der Waals surface area contributed by atoms with Crippen LogP contribution in [0.4, 0.5) is 0 Å². The van der Waals surface area contributed by atoms with E-state index in [-0.39, 0.29) is 5.97 Å². The zero-order chi connectivity index (χ0) is 19.1. The first-order chi connectivity index (χ1) is 13.2. The predicted molar refractivity (Wildman–Crippen MR) is 111 cm³/mol. The predicted octanol–water partition coefficient (Wildman–Crippen LogP) is 4.71. The number of carbonyl (C=O) groups is 1. The van der Waals surface area contributed by atoms with E-state index in [1.165, 1.54) is 55.8 Å². The summed E-state index contributed by atoms with van der Waals surface area (Å²) in [5, 5.41) is 0. The number of esters is 1. The van der Waals surface area contributed by atoms with Crippen LogP contribution in [0.25, 0.3) is 11.6 Å². The monoisotopic (exact) mass is 361 g/mol. The minimum atomic E-state index is -0.344. The van der Waals surface area contributed by atoms with Crippen molar-refractivity contribution in [2.75, 3.05) is 26.7 Å². The van der Waals surface area contributed by atoms with E-state index in [0.29, 0.717) is 0 Å². The molecule has 0 bridgehead atoms. The minimum absolute atomic E-state index is 0.344. The molecule has 0 amide bonds. The molecule has 0 aromatic heterocycles. The second-order valence-corrected chi connectivity index (χ2v) is 6.97. The third-order valence-corrected chi connectivity index (χ3v) is 4.93. The fourth-order valence-electron chi connectivity index (χ4n) is 3.36. The fraction of sp³-hybridized carbons (Fsp3) is 0.292. The summed E-state index contributed by atoms with van der Waals surface area (Å²) >= 11 is 0. The van der Waals surface area contributed by atoms with Crippen LogP contribution in [0.1, 0.15) is 35.1 Å². The number of hydrogen-bond acceptors (Lipinski definition) is 3. The van der Waals surface area contributed by atoms with Crippen LogP contribution in [-0.2, 0) is 9.53 Å². The van der Waals surface area contributed by atoms with Crippen LogP contribution in [-0.4, -0.2) is 37.6 Å². The molecule has 27 heavy (non-hydrogen) atoms. The van der Waals surface area contributed by atoms with Gasteiger partial charge in [-0.15, -0.1) is 0 Å². The normalized spacial score (nSPS) is 15.4. The Labute approximate surface area is 162 Å². The first-order valence-electron chi connectivity index (χ1n) is 9.52. The van der Waals surface area contributed by atoms with Gasteiger partial charge >= 0.3 is 5.97 Å². The second-order valence-electron chi connectivity index (χ2n) is 6.97. The second kappa shape index (κ2) is 9.33. The van der Waals surface area contributed by atoms with Crippen molar-refractivity contribution < 1.29 is 9.53 Å². The molecule has 2 aromatic rings. The highest BCUT2D eigenvalue weighted by Gasteiger charge is 2.11. The highest BCUT2D eigenvalue weighted by molar-refractivity contribution is 5.87. The summed E-state index contributed by atoms with van der Waals surface area (Å²) in [7, 11) is 1.39. The van der Waals surface area contributed by atoms with Gasteiger partial charge in [0.25, 0.3) is 0 Å². The average Bonchev–Trinajstić information content (AvgIpc) is 3.21. The van der Waals surface area contributed by atoms with Crippen molar-refractivity contribution in [2.45, 2.75) is 19.8 Å². The number of hydrogen-bond donors (Lipinski definition) is 0. The number of methoxy groups -OCH3 is 1. The molecule has 3 heteroatoms. The molecule has 1 aliphatic heterocycles. The van der Waals surface area contributed by atoms with Crippen LogP contribution in [0.15, 0.2) is 60.7 Å². The summed E-state index contributed by atoms with van der Waals surface area (Å²) in [6, 6.07) is 16.9. The maximum absolute atomic E-state index is 11.4. The highest BCUT2D eigenvalue weighted by atomic mass is 16.5. The molecular formula is C24H27NO2. The molecule has 3 rings (SSSR count). The van der Waals surface area contributed by atoms with Crippen molar-refractivity contribution in [2.24, 2.45) is 0 Å². The topological polar surface area (TPSA) is 29.5 Å². The molecule has 0 N–H and O–H groups in total. The van der Waals surface area contributed by atoms with Crippen molar-refractivity contribution >= 4 is 17.6 Å². The zero-order valence-corrected chi connectivity index (χ0v) is 16.2. The molecule has 1 saturated heterocycles. The molecule has 1 aliphatic rings. The lowest BCUT2D eigenvalue weighted by atomic mass is 9.95. The van der Waals surface area contributed by atoms with Crippen molar-refractivity contribution in [3.8, 4) is 0 Å². The van der Waals surface area contributed by atoms with Gasteiger partial charge in [0.2, 0.25) is 0 Å². The average molecular weight is 361 g/mol. The maximum atomic E-state index is 11.4. The number of rotatable bonds is 6. The van der Waals surface area contributed by atoms with Gasteiger partial charge in [0, 0.05) is 12.6 Å². The van der Waals surface area contributed by atoms with E-state index < -0.39 is 0 Å². The van der Waals surface area contributed by atoms with Crippen LogP contribution < -0.4 is 0 Å². The highest BCUT2D eigenvalue weighted by Crippen LogP contribution is 2.25. The van der Waals surface area contributed by atoms with Crippen LogP contribution in [0.5, 0.6) is 0 Å². The van der Waals surface area contributed by atoms with Gasteiger partial charge in [0.15, 0.2) is 0 Å². The molecule has 3 nitrogen and oxygen atoms in total. The Morgan fingerprint density at radius 3 is 2.52 bits per heavy atom. The molecule has 2 aromatic carbocycles. The summed E-state index contributed by atoms with van der Waals surface area (Å²) in [6.07, 6.45) is 8.17. The summed E-state index contributed by atoms with van der Waals surface area (Å²) in [4.78, 5) is 13.9. The summed E-state index contributed by atoms with van der Waals surface area (Å²) in [5.41, 5.74) is 5.85. The van der Waals surface area contributed by atoms with E-state index in [9.17, 15) is 4.79 Å². The Morgan fingerprint density at radius 1 is 1.07 bits per heavy atom. The third kappa shape index (κ3) is 5.41. The van der Waals surface area contributed by atoms with E-state index in [1.54, 1.807) is 6.08 Å². The van der Waals surface area contributed by atoms with Gasteiger partial charge < -0.3 is 4.74 Å². The SMILES string of the molecule is COC(=O)/C=C/c1cccc(/C(=C/CN2CCCC2)c2ccc(C)cc2)c1. The molecule has 0 atom stereocenters. The van der Waals surface area contributed by atoms with Crippen molar-refractivity contribution in [1.29, 1.82) is 0 Å². The molecule has 0 aliphatic carbocycles. The van der Waals surface area contributed by atoms with Gasteiger partial charge in [-0.2, -0.15) is 0 Å².